The van der Waals surface area contributed by atoms with E-state index in [2.05, 4.69) is 4.98 Å². The second-order valence-corrected chi connectivity index (χ2v) is 6.56. The zero-order valence-corrected chi connectivity index (χ0v) is 14.7. The number of amides is 2. The van der Waals surface area contributed by atoms with E-state index in [0.717, 1.165) is 0 Å². The monoisotopic (exact) mass is 379 g/mol. The van der Waals surface area contributed by atoms with Gasteiger partial charge in [0.05, 0.1) is 5.56 Å². The molecule has 25 heavy (non-hydrogen) atoms. The molecule has 1 saturated heterocycles. The molecule has 0 radical (unpaired) electrons. The zero-order chi connectivity index (χ0) is 18.0. The maximum atomic E-state index is 12.6. The average Bonchev–Trinajstić information content (AvgIpc) is 2.60. The number of nitrogens with one attached hydrogen (secondary N) is 1. The van der Waals surface area contributed by atoms with Gasteiger partial charge < -0.3 is 14.8 Å². The lowest BCUT2D eigenvalue weighted by atomic mass is 10.1. The fraction of sp³-hybridized carbons (Fsp3) is 0.235. The molecule has 3 rings (SSSR count). The minimum atomic E-state index is -0.257. The van der Waals surface area contributed by atoms with Crippen molar-refractivity contribution >= 4 is 35.0 Å². The Morgan fingerprint density at radius 2 is 1.36 bits per heavy atom. The standard InChI is InChI=1S/C17H15Cl2N3O3/c18-13-7-12(8-14(19)9-13)17(25)22-5-3-21(4-6-22)16(24)11-1-2-15(23)20-10-11/h1-2,7-10H,3-6H2,(H,20,23). The Bertz CT molecular complexity index is 833. The van der Waals surface area contributed by atoms with E-state index in [-0.39, 0.29) is 17.4 Å². The highest BCUT2D eigenvalue weighted by atomic mass is 35.5. The average molecular weight is 380 g/mol. The minimum absolute atomic E-state index is 0.166. The van der Waals surface area contributed by atoms with E-state index >= 15 is 0 Å². The van der Waals surface area contributed by atoms with Gasteiger partial charge >= 0.3 is 0 Å². The third kappa shape index (κ3) is 4.03. The molecule has 8 heteroatoms. The van der Waals surface area contributed by atoms with Crippen LogP contribution in [0, 0.1) is 0 Å². The number of hydrogen-bond acceptors (Lipinski definition) is 3. The lowest BCUT2D eigenvalue weighted by Crippen LogP contribution is -2.50. The summed E-state index contributed by atoms with van der Waals surface area (Å²) in [5.41, 5.74) is 0.589. The van der Waals surface area contributed by atoms with Gasteiger partial charge in [0.15, 0.2) is 0 Å². The molecule has 1 fully saturated rings. The molecular formula is C17H15Cl2N3O3. The van der Waals surface area contributed by atoms with E-state index in [0.29, 0.717) is 47.4 Å². The van der Waals surface area contributed by atoms with Crippen LogP contribution in [-0.2, 0) is 0 Å². The van der Waals surface area contributed by atoms with Gasteiger partial charge in [-0.1, -0.05) is 23.2 Å². The molecule has 2 aromatic rings. The van der Waals surface area contributed by atoms with Crippen molar-refractivity contribution in [2.75, 3.05) is 26.2 Å². The fourth-order valence-electron chi connectivity index (χ4n) is 2.70. The Morgan fingerprint density at radius 1 is 0.840 bits per heavy atom. The van der Waals surface area contributed by atoms with Crippen molar-refractivity contribution in [1.29, 1.82) is 0 Å². The SMILES string of the molecule is O=C(c1ccc(=O)[nH]c1)N1CCN(C(=O)c2cc(Cl)cc(Cl)c2)CC1. The van der Waals surface area contributed by atoms with E-state index in [9.17, 15) is 14.4 Å². The van der Waals surface area contributed by atoms with Crippen molar-refractivity contribution in [1.82, 2.24) is 14.8 Å². The first-order chi connectivity index (χ1) is 11.9. The number of piperazine rings is 1. The Hall–Kier alpha value is -2.31. The van der Waals surface area contributed by atoms with Crippen LogP contribution in [0.15, 0.2) is 41.3 Å². The molecule has 0 unspecified atom stereocenters. The number of carbonyl (C=O) groups excluding carboxylic acids is 2. The van der Waals surface area contributed by atoms with Crippen LogP contribution >= 0.6 is 23.2 Å². The van der Waals surface area contributed by atoms with Gasteiger partial charge in [-0.05, 0) is 24.3 Å². The van der Waals surface area contributed by atoms with Gasteiger partial charge in [-0.25, -0.2) is 0 Å². The number of hydrogen-bond donors (Lipinski definition) is 1. The second-order valence-electron chi connectivity index (χ2n) is 5.68. The fourth-order valence-corrected chi connectivity index (χ4v) is 3.22. The molecule has 1 aliphatic rings. The van der Waals surface area contributed by atoms with Crippen LogP contribution in [0.25, 0.3) is 0 Å². The number of benzene rings is 1. The molecule has 0 saturated carbocycles. The predicted octanol–water partition coefficient (Wildman–Crippen LogP) is 2.28. The molecule has 1 aromatic heterocycles. The Balaban J connectivity index is 1.65. The summed E-state index contributed by atoms with van der Waals surface area (Å²) in [5.74, 6) is -0.338. The lowest BCUT2D eigenvalue weighted by Gasteiger charge is -2.34. The van der Waals surface area contributed by atoms with E-state index in [1.807, 2.05) is 0 Å². The number of halogens is 2. The molecular weight excluding hydrogens is 365 g/mol. The zero-order valence-electron chi connectivity index (χ0n) is 13.2. The van der Waals surface area contributed by atoms with Gasteiger partial charge in [0.2, 0.25) is 5.56 Å². The normalized spacial score (nSPS) is 14.5. The quantitative estimate of drug-likeness (QED) is 0.869. The lowest BCUT2D eigenvalue weighted by molar-refractivity contribution is 0.0535. The summed E-state index contributed by atoms with van der Waals surface area (Å²) in [4.78, 5) is 41.9. The first-order valence-electron chi connectivity index (χ1n) is 7.67. The molecule has 0 bridgehead atoms. The number of pyridine rings is 1. The topological polar surface area (TPSA) is 73.5 Å². The van der Waals surface area contributed by atoms with Crippen molar-refractivity contribution in [2.24, 2.45) is 0 Å². The van der Waals surface area contributed by atoms with Crippen LogP contribution < -0.4 is 5.56 Å². The molecule has 1 aliphatic heterocycles. The van der Waals surface area contributed by atoms with Gasteiger partial charge in [-0.3, -0.25) is 14.4 Å². The molecule has 2 heterocycles. The van der Waals surface area contributed by atoms with Crippen LogP contribution in [0.2, 0.25) is 10.0 Å². The van der Waals surface area contributed by atoms with Crippen LogP contribution in [0.4, 0.5) is 0 Å². The van der Waals surface area contributed by atoms with Gasteiger partial charge in [0, 0.05) is 54.1 Å². The van der Waals surface area contributed by atoms with Gasteiger partial charge in [-0.15, -0.1) is 0 Å². The summed E-state index contributed by atoms with van der Waals surface area (Å²) in [5, 5.41) is 0.811. The van der Waals surface area contributed by atoms with Gasteiger partial charge in [0.1, 0.15) is 0 Å². The smallest absolute Gasteiger partial charge is 0.255 e. The summed E-state index contributed by atoms with van der Waals surface area (Å²) in [7, 11) is 0. The molecule has 130 valence electrons. The maximum Gasteiger partial charge on any atom is 0.255 e. The maximum absolute atomic E-state index is 12.6. The Morgan fingerprint density at radius 3 is 1.84 bits per heavy atom. The number of aromatic nitrogens is 1. The third-order valence-electron chi connectivity index (χ3n) is 3.99. The Labute approximate surface area is 154 Å². The van der Waals surface area contributed by atoms with Crippen molar-refractivity contribution in [3.05, 3.63) is 68.1 Å². The van der Waals surface area contributed by atoms with Crippen LogP contribution in [0.1, 0.15) is 20.7 Å². The molecule has 1 N–H and O–H groups in total. The van der Waals surface area contributed by atoms with Crippen molar-refractivity contribution in [3.63, 3.8) is 0 Å². The van der Waals surface area contributed by atoms with Gasteiger partial charge in [-0.2, -0.15) is 0 Å². The second kappa shape index (κ2) is 7.29. The first kappa shape index (κ1) is 17.5. The number of rotatable bonds is 2. The molecule has 6 nitrogen and oxygen atoms in total. The number of H-pyrrole nitrogens is 1. The third-order valence-corrected chi connectivity index (χ3v) is 4.43. The predicted molar refractivity (Wildman–Crippen MR) is 95.3 cm³/mol. The number of carbonyl (C=O) groups is 2. The van der Waals surface area contributed by atoms with Crippen LogP contribution in [0.5, 0.6) is 0 Å². The minimum Gasteiger partial charge on any atom is -0.335 e. The van der Waals surface area contributed by atoms with Gasteiger partial charge in [0.25, 0.3) is 11.8 Å². The highest BCUT2D eigenvalue weighted by molar-refractivity contribution is 6.35. The molecule has 1 aromatic carbocycles. The number of nitrogens with zero attached hydrogens (tertiary/aromatic N) is 2. The van der Waals surface area contributed by atoms with E-state index in [1.165, 1.54) is 18.3 Å². The van der Waals surface area contributed by atoms with Crippen LogP contribution in [-0.4, -0.2) is 52.8 Å². The summed E-state index contributed by atoms with van der Waals surface area (Å²) in [6.45, 7) is 1.66. The molecule has 2 amide bonds. The molecule has 0 atom stereocenters. The van der Waals surface area contributed by atoms with Crippen molar-refractivity contribution < 1.29 is 9.59 Å². The summed E-state index contributed by atoms with van der Waals surface area (Å²) >= 11 is 11.9. The summed E-state index contributed by atoms with van der Waals surface area (Å²) in [6, 6.07) is 7.53. The summed E-state index contributed by atoms with van der Waals surface area (Å²) < 4.78 is 0. The van der Waals surface area contributed by atoms with Crippen molar-refractivity contribution in [2.45, 2.75) is 0 Å². The molecule has 0 aliphatic carbocycles. The highest BCUT2D eigenvalue weighted by Crippen LogP contribution is 2.21. The summed E-state index contributed by atoms with van der Waals surface area (Å²) in [6.07, 6.45) is 1.40. The number of aromatic amines is 1. The van der Waals surface area contributed by atoms with E-state index in [1.54, 1.807) is 28.0 Å². The Kier molecular flexibility index (Phi) is 5.11. The van der Waals surface area contributed by atoms with Crippen molar-refractivity contribution in [3.8, 4) is 0 Å². The highest BCUT2D eigenvalue weighted by Gasteiger charge is 2.25. The largest absolute Gasteiger partial charge is 0.335 e. The van der Waals surface area contributed by atoms with Crippen LogP contribution in [0.3, 0.4) is 0 Å². The van der Waals surface area contributed by atoms with E-state index < -0.39 is 0 Å². The first-order valence-corrected chi connectivity index (χ1v) is 8.43. The van der Waals surface area contributed by atoms with E-state index in [4.69, 9.17) is 23.2 Å². The molecule has 0 spiro atoms.